The molecule has 1 saturated heterocycles. The lowest BCUT2D eigenvalue weighted by Gasteiger charge is -2.43. The summed E-state index contributed by atoms with van der Waals surface area (Å²) in [6.45, 7) is 9.78. The summed E-state index contributed by atoms with van der Waals surface area (Å²) in [6.07, 6.45) is 2.56. The van der Waals surface area contributed by atoms with Crippen molar-refractivity contribution < 1.29 is 8.42 Å². The molecule has 0 aromatic carbocycles. The van der Waals surface area contributed by atoms with Crippen LogP contribution in [-0.4, -0.2) is 42.9 Å². The van der Waals surface area contributed by atoms with Gasteiger partial charge < -0.3 is 0 Å². The molecule has 0 N–H and O–H groups in total. The van der Waals surface area contributed by atoms with Crippen LogP contribution in [0, 0.1) is 0 Å². The van der Waals surface area contributed by atoms with Crippen molar-refractivity contribution in [3.63, 3.8) is 0 Å². The molecule has 0 amide bonds. The quantitative estimate of drug-likeness (QED) is 0.763. The Bertz CT molecular complexity index is 320. The molecule has 0 spiro atoms. The maximum Gasteiger partial charge on any atom is 0.158 e. The summed E-state index contributed by atoms with van der Waals surface area (Å²) in [6, 6.07) is 0.493. The zero-order chi connectivity index (χ0) is 12.4. The highest BCUT2D eigenvalue weighted by molar-refractivity contribution is 7.92. The van der Waals surface area contributed by atoms with E-state index in [4.69, 9.17) is 0 Å². The van der Waals surface area contributed by atoms with Crippen molar-refractivity contribution in [2.45, 2.75) is 57.7 Å². The predicted octanol–water partition coefficient (Wildman–Crippen LogP) is 2.07. The number of nitrogens with zero attached hydrogens (tertiary/aromatic N) is 1. The van der Waals surface area contributed by atoms with Crippen molar-refractivity contribution >= 4 is 9.84 Å². The largest absolute Gasteiger partial charge is 0.298 e. The minimum absolute atomic E-state index is 0.332. The SMILES string of the molecule is CC[C@H](C)N1CCS(=O)(=O)C(CC)(CC)C1. The summed E-state index contributed by atoms with van der Waals surface area (Å²) in [5, 5.41) is 0. The van der Waals surface area contributed by atoms with E-state index < -0.39 is 14.6 Å². The number of hydrogen-bond donors (Lipinski definition) is 0. The monoisotopic (exact) mass is 247 g/mol. The van der Waals surface area contributed by atoms with Crippen LogP contribution in [0.3, 0.4) is 0 Å². The first kappa shape index (κ1) is 14.0. The summed E-state index contributed by atoms with van der Waals surface area (Å²) < 4.78 is 23.9. The first-order valence-electron chi connectivity index (χ1n) is 6.38. The van der Waals surface area contributed by atoms with Crippen LogP contribution in [0.2, 0.25) is 0 Å². The van der Waals surface area contributed by atoms with Crippen LogP contribution in [0.5, 0.6) is 0 Å². The normalized spacial score (nSPS) is 26.5. The fourth-order valence-corrected chi connectivity index (χ4v) is 4.70. The predicted molar refractivity (Wildman–Crippen MR) is 68.4 cm³/mol. The van der Waals surface area contributed by atoms with Gasteiger partial charge in [-0.15, -0.1) is 0 Å². The fraction of sp³-hybridized carbons (Fsp3) is 1.00. The molecule has 1 atom stereocenters. The van der Waals surface area contributed by atoms with Crippen LogP contribution in [0.15, 0.2) is 0 Å². The van der Waals surface area contributed by atoms with Gasteiger partial charge in [-0.1, -0.05) is 20.8 Å². The molecule has 1 rings (SSSR count). The minimum atomic E-state index is -2.90. The number of rotatable bonds is 4. The van der Waals surface area contributed by atoms with Crippen molar-refractivity contribution in [1.29, 1.82) is 0 Å². The number of sulfone groups is 1. The molecule has 1 fully saturated rings. The lowest BCUT2D eigenvalue weighted by Crippen LogP contribution is -2.57. The van der Waals surface area contributed by atoms with E-state index in [1.807, 2.05) is 13.8 Å². The molecule has 4 heteroatoms. The van der Waals surface area contributed by atoms with Gasteiger partial charge in [0.15, 0.2) is 9.84 Å². The number of hydrogen-bond acceptors (Lipinski definition) is 3. The molecule has 1 heterocycles. The molecular weight excluding hydrogens is 222 g/mol. The highest BCUT2D eigenvalue weighted by Crippen LogP contribution is 2.32. The van der Waals surface area contributed by atoms with Crippen molar-refractivity contribution in [2.24, 2.45) is 0 Å². The Balaban J connectivity index is 2.94. The first-order valence-corrected chi connectivity index (χ1v) is 8.04. The van der Waals surface area contributed by atoms with Crippen molar-refractivity contribution in [1.82, 2.24) is 4.90 Å². The Morgan fingerprint density at radius 1 is 1.25 bits per heavy atom. The van der Waals surface area contributed by atoms with Crippen molar-refractivity contribution in [3.8, 4) is 0 Å². The topological polar surface area (TPSA) is 37.4 Å². The molecule has 1 aliphatic heterocycles. The third kappa shape index (κ3) is 2.28. The maximum absolute atomic E-state index is 12.2. The summed E-state index contributed by atoms with van der Waals surface area (Å²) in [7, 11) is -2.90. The van der Waals surface area contributed by atoms with E-state index in [-0.39, 0.29) is 0 Å². The van der Waals surface area contributed by atoms with Gasteiger partial charge in [0.1, 0.15) is 0 Å². The minimum Gasteiger partial charge on any atom is -0.298 e. The zero-order valence-electron chi connectivity index (χ0n) is 11.0. The summed E-state index contributed by atoms with van der Waals surface area (Å²) >= 11 is 0. The van der Waals surface area contributed by atoms with Crippen molar-refractivity contribution in [3.05, 3.63) is 0 Å². The summed E-state index contributed by atoms with van der Waals surface area (Å²) in [5.74, 6) is 0.332. The summed E-state index contributed by atoms with van der Waals surface area (Å²) in [4.78, 5) is 2.34. The second-order valence-corrected chi connectivity index (χ2v) is 7.44. The standard InChI is InChI=1S/C12H25NO2S/c1-5-11(4)13-8-9-16(14,15)12(6-2,7-3)10-13/h11H,5-10H2,1-4H3/t11-/m0/s1. The molecule has 16 heavy (non-hydrogen) atoms. The van der Waals surface area contributed by atoms with E-state index in [0.717, 1.165) is 25.8 Å². The van der Waals surface area contributed by atoms with E-state index >= 15 is 0 Å². The van der Waals surface area contributed by atoms with E-state index in [0.29, 0.717) is 18.3 Å². The fourth-order valence-electron chi connectivity index (χ4n) is 2.55. The Hall–Kier alpha value is -0.0900. The molecular formula is C12H25NO2S. The molecule has 1 aliphatic rings. The van der Waals surface area contributed by atoms with Gasteiger partial charge in [-0.05, 0) is 26.2 Å². The van der Waals surface area contributed by atoms with Gasteiger partial charge in [-0.3, -0.25) is 4.90 Å². The van der Waals surface area contributed by atoms with Crippen LogP contribution in [0.25, 0.3) is 0 Å². The first-order chi connectivity index (χ1) is 7.42. The van der Waals surface area contributed by atoms with E-state index in [9.17, 15) is 8.42 Å². The van der Waals surface area contributed by atoms with Gasteiger partial charge in [0.25, 0.3) is 0 Å². The Morgan fingerprint density at radius 3 is 2.25 bits per heavy atom. The zero-order valence-corrected chi connectivity index (χ0v) is 11.8. The van der Waals surface area contributed by atoms with Gasteiger partial charge in [0.2, 0.25) is 0 Å². The van der Waals surface area contributed by atoms with Gasteiger partial charge >= 0.3 is 0 Å². The summed E-state index contributed by atoms with van der Waals surface area (Å²) in [5.41, 5.74) is 0. The second kappa shape index (κ2) is 5.05. The molecule has 0 saturated carbocycles. The van der Waals surface area contributed by atoms with Gasteiger partial charge in [0, 0.05) is 19.1 Å². The average molecular weight is 247 g/mol. The Morgan fingerprint density at radius 2 is 1.81 bits per heavy atom. The van der Waals surface area contributed by atoms with Gasteiger partial charge in [0.05, 0.1) is 10.5 Å². The molecule has 0 aromatic rings. The molecule has 0 bridgehead atoms. The van der Waals surface area contributed by atoms with E-state index in [1.54, 1.807) is 0 Å². The molecule has 0 radical (unpaired) electrons. The van der Waals surface area contributed by atoms with Crippen LogP contribution in [0.4, 0.5) is 0 Å². The molecule has 3 nitrogen and oxygen atoms in total. The van der Waals surface area contributed by atoms with Crippen LogP contribution in [0.1, 0.15) is 47.0 Å². The Kier molecular flexibility index (Phi) is 4.41. The van der Waals surface area contributed by atoms with Crippen LogP contribution < -0.4 is 0 Å². The van der Waals surface area contributed by atoms with E-state index in [1.165, 1.54) is 0 Å². The molecule has 96 valence electrons. The van der Waals surface area contributed by atoms with Crippen LogP contribution in [-0.2, 0) is 9.84 Å². The van der Waals surface area contributed by atoms with Crippen LogP contribution >= 0.6 is 0 Å². The third-order valence-corrected chi connectivity index (χ3v) is 7.05. The Labute approximate surface area is 100 Å². The van der Waals surface area contributed by atoms with Gasteiger partial charge in [-0.2, -0.15) is 0 Å². The smallest absolute Gasteiger partial charge is 0.158 e. The lowest BCUT2D eigenvalue weighted by molar-refractivity contribution is 0.174. The highest BCUT2D eigenvalue weighted by atomic mass is 32.2. The molecule has 0 aromatic heterocycles. The highest BCUT2D eigenvalue weighted by Gasteiger charge is 2.45. The molecule has 0 aliphatic carbocycles. The lowest BCUT2D eigenvalue weighted by atomic mass is 10.00. The maximum atomic E-state index is 12.2. The van der Waals surface area contributed by atoms with E-state index in [2.05, 4.69) is 18.7 Å². The molecule has 0 unspecified atom stereocenters. The van der Waals surface area contributed by atoms with Gasteiger partial charge in [-0.25, -0.2) is 8.42 Å². The second-order valence-electron chi connectivity index (χ2n) is 4.94. The average Bonchev–Trinajstić information content (AvgIpc) is 2.28. The third-order valence-electron chi connectivity index (χ3n) is 4.30. The van der Waals surface area contributed by atoms with Crippen molar-refractivity contribution in [2.75, 3.05) is 18.8 Å².